The molecule has 1 heterocycles. The van der Waals surface area contributed by atoms with Crippen LogP contribution in [0.5, 0.6) is 5.75 Å². The van der Waals surface area contributed by atoms with Crippen molar-refractivity contribution in [3.8, 4) is 5.75 Å². The number of carbonyl (C=O) groups excluding carboxylic acids is 1. The van der Waals surface area contributed by atoms with E-state index < -0.39 is 20.9 Å². The van der Waals surface area contributed by atoms with E-state index in [4.69, 9.17) is 4.74 Å². The molecule has 29 heavy (non-hydrogen) atoms. The van der Waals surface area contributed by atoms with Gasteiger partial charge in [0.1, 0.15) is 0 Å². The predicted molar refractivity (Wildman–Crippen MR) is 105 cm³/mol. The highest BCUT2D eigenvalue weighted by atomic mass is 32.2. The summed E-state index contributed by atoms with van der Waals surface area (Å²) in [4.78, 5) is 23.0. The van der Waals surface area contributed by atoms with Crippen molar-refractivity contribution >= 4 is 21.6 Å². The van der Waals surface area contributed by atoms with Crippen LogP contribution < -0.4 is 10.1 Å². The first-order valence-electron chi connectivity index (χ1n) is 9.02. The lowest BCUT2D eigenvalue weighted by Crippen LogP contribution is -2.28. The summed E-state index contributed by atoms with van der Waals surface area (Å²) < 4.78 is 31.4. The first-order chi connectivity index (χ1) is 13.8. The third-order valence-electron chi connectivity index (χ3n) is 4.72. The van der Waals surface area contributed by atoms with E-state index in [1.165, 1.54) is 35.7 Å². The van der Waals surface area contributed by atoms with Gasteiger partial charge in [-0.15, -0.1) is 0 Å². The summed E-state index contributed by atoms with van der Waals surface area (Å²) in [6.45, 7) is 1.23. The number of nitro benzene ring substituents is 1. The number of methoxy groups -OCH3 is 1. The Morgan fingerprint density at radius 1 is 1.17 bits per heavy atom. The van der Waals surface area contributed by atoms with Crippen LogP contribution in [0.25, 0.3) is 0 Å². The minimum Gasteiger partial charge on any atom is -0.490 e. The van der Waals surface area contributed by atoms with Crippen LogP contribution in [-0.4, -0.2) is 43.8 Å². The summed E-state index contributed by atoms with van der Waals surface area (Å²) in [6, 6.07) is 10.3. The summed E-state index contributed by atoms with van der Waals surface area (Å²) >= 11 is 0. The standard InChI is InChI=1S/C19H21N3O6S/c1-28-18-9-6-15(12-17(18)22(24)25)19(23)20-13-14-4-7-16(8-5-14)29(26,27)21-10-2-3-11-21/h4-9,12H,2-3,10-11,13H2,1H3,(H,20,23). The van der Waals surface area contributed by atoms with Gasteiger partial charge in [0.05, 0.1) is 16.9 Å². The lowest BCUT2D eigenvalue weighted by Gasteiger charge is -2.15. The highest BCUT2D eigenvalue weighted by Crippen LogP contribution is 2.27. The summed E-state index contributed by atoms with van der Waals surface area (Å²) in [5.41, 5.74) is 0.545. The Labute approximate surface area is 168 Å². The largest absolute Gasteiger partial charge is 0.490 e. The summed E-state index contributed by atoms with van der Waals surface area (Å²) in [7, 11) is -2.16. The first kappa shape index (κ1) is 20.7. The van der Waals surface area contributed by atoms with Crippen LogP contribution in [0.3, 0.4) is 0 Å². The number of sulfonamides is 1. The van der Waals surface area contributed by atoms with E-state index in [1.807, 2.05) is 0 Å². The predicted octanol–water partition coefficient (Wildman–Crippen LogP) is 2.32. The molecule has 0 aliphatic carbocycles. The molecule has 0 atom stereocenters. The number of carbonyl (C=O) groups is 1. The topological polar surface area (TPSA) is 119 Å². The highest BCUT2D eigenvalue weighted by Gasteiger charge is 2.26. The third-order valence-corrected chi connectivity index (χ3v) is 6.63. The van der Waals surface area contributed by atoms with Gasteiger partial charge < -0.3 is 10.1 Å². The van der Waals surface area contributed by atoms with Crippen molar-refractivity contribution in [1.29, 1.82) is 0 Å². The molecule has 1 fully saturated rings. The van der Waals surface area contributed by atoms with Crippen LogP contribution in [0, 0.1) is 10.1 Å². The Balaban J connectivity index is 1.66. The van der Waals surface area contributed by atoms with E-state index in [2.05, 4.69) is 5.32 Å². The van der Waals surface area contributed by atoms with Gasteiger partial charge in [-0.05, 0) is 42.7 Å². The van der Waals surface area contributed by atoms with Crippen molar-refractivity contribution in [3.05, 3.63) is 63.7 Å². The monoisotopic (exact) mass is 419 g/mol. The van der Waals surface area contributed by atoms with E-state index in [9.17, 15) is 23.3 Å². The third kappa shape index (κ3) is 4.54. The van der Waals surface area contributed by atoms with E-state index >= 15 is 0 Å². The van der Waals surface area contributed by atoms with Gasteiger partial charge in [0.2, 0.25) is 10.0 Å². The molecule has 2 aromatic carbocycles. The average molecular weight is 419 g/mol. The number of amides is 1. The second-order valence-electron chi connectivity index (χ2n) is 6.58. The smallest absolute Gasteiger partial charge is 0.311 e. The lowest BCUT2D eigenvalue weighted by atomic mass is 10.1. The second-order valence-corrected chi connectivity index (χ2v) is 8.52. The molecule has 0 bridgehead atoms. The molecule has 1 N–H and O–H groups in total. The number of ether oxygens (including phenoxy) is 1. The maximum Gasteiger partial charge on any atom is 0.311 e. The molecule has 1 aliphatic heterocycles. The molecule has 3 rings (SSSR count). The van der Waals surface area contributed by atoms with Gasteiger partial charge in [0.25, 0.3) is 5.91 Å². The van der Waals surface area contributed by atoms with E-state index in [0.717, 1.165) is 18.9 Å². The number of nitrogens with one attached hydrogen (secondary N) is 1. The van der Waals surface area contributed by atoms with Gasteiger partial charge in [-0.2, -0.15) is 4.31 Å². The maximum absolute atomic E-state index is 12.5. The van der Waals surface area contributed by atoms with Gasteiger partial charge in [-0.1, -0.05) is 12.1 Å². The molecule has 0 radical (unpaired) electrons. The van der Waals surface area contributed by atoms with Crippen LogP contribution in [0.1, 0.15) is 28.8 Å². The van der Waals surface area contributed by atoms with Crippen LogP contribution in [0.4, 0.5) is 5.69 Å². The number of benzene rings is 2. The quantitative estimate of drug-likeness (QED) is 0.543. The molecular weight excluding hydrogens is 398 g/mol. The number of nitro groups is 1. The Bertz CT molecular complexity index is 1010. The minimum absolute atomic E-state index is 0.0707. The fourth-order valence-corrected chi connectivity index (χ4v) is 4.63. The van der Waals surface area contributed by atoms with E-state index in [-0.39, 0.29) is 28.4 Å². The maximum atomic E-state index is 12.5. The first-order valence-corrected chi connectivity index (χ1v) is 10.5. The fourth-order valence-electron chi connectivity index (χ4n) is 3.12. The van der Waals surface area contributed by atoms with Gasteiger partial charge in [0, 0.05) is 31.3 Å². The number of rotatable bonds is 7. The van der Waals surface area contributed by atoms with E-state index in [0.29, 0.717) is 18.7 Å². The molecule has 154 valence electrons. The fraction of sp³-hybridized carbons (Fsp3) is 0.316. The van der Waals surface area contributed by atoms with Gasteiger partial charge >= 0.3 is 5.69 Å². The van der Waals surface area contributed by atoms with Crippen molar-refractivity contribution in [3.63, 3.8) is 0 Å². The molecule has 10 heteroatoms. The molecule has 9 nitrogen and oxygen atoms in total. The molecule has 0 spiro atoms. The minimum atomic E-state index is -3.48. The molecule has 1 aliphatic rings. The van der Waals surface area contributed by atoms with Crippen LogP contribution in [0.15, 0.2) is 47.4 Å². The highest BCUT2D eigenvalue weighted by molar-refractivity contribution is 7.89. The molecule has 0 unspecified atom stereocenters. The van der Waals surface area contributed by atoms with Crippen LogP contribution in [-0.2, 0) is 16.6 Å². The second kappa shape index (κ2) is 8.58. The SMILES string of the molecule is COc1ccc(C(=O)NCc2ccc(S(=O)(=O)N3CCCC3)cc2)cc1[N+](=O)[O-]. The summed E-state index contributed by atoms with van der Waals surface area (Å²) in [5.74, 6) is -0.411. The number of hydrogen-bond donors (Lipinski definition) is 1. The molecule has 1 saturated heterocycles. The van der Waals surface area contributed by atoms with Crippen LogP contribution in [0.2, 0.25) is 0 Å². The summed E-state index contributed by atoms with van der Waals surface area (Å²) in [6.07, 6.45) is 1.74. The molecule has 0 saturated carbocycles. The van der Waals surface area contributed by atoms with Crippen molar-refractivity contribution in [2.45, 2.75) is 24.3 Å². The van der Waals surface area contributed by atoms with Crippen molar-refractivity contribution in [2.24, 2.45) is 0 Å². The van der Waals surface area contributed by atoms with E-state index in [1.54, 1.807) is 12.1 Å². The zero-order valence-electron chi connectivity index (χ0n) is 15.8. The normalized spacial score (nSPS) is 14.5. The average Bonchev–Trinajstić information content (AvgIpc) is 3.27. The van der Waals surface area contributed by atoms with Crippen LogP contribution >= 0.6 is 0 Å². The number of nitrogens with zero attached hydrogens (tertiary/aromatic N) is 2. The molecule has 2 aromatic rings. The van der Waals surface area contributed by atoms with Crippen molar-refractivity contribution < 1.29 is 22.9 Å². The van der Waals surface area contributed by atoms with Gasteiger partial charge in [-0.3, -0.25) is 14.9 Å². The van der Waals surface area contributed by atoms with Crippen molar-refractivity contribution in [2.75, 3.05) is 20.2 Å². The van der Waals surface area contributed by atoms with Gasteiger partial charge in [-0.25, -0.2) is 8.42 Å². The molecular formula is C19H21N3O6S. The number of hydrogen-bond acceptors (Lipinski definition) is 6. The lowest BCUT2D eigenvalue weighted by molar-refractivity contribution is -0.385. The Hall–Kier alpha value is -2.98. The Morgan fingerprint density at radius 3 is 2.41 bits per heavy atom. The van der Waals surface area contributed by atoms with Crippen molar-refractivity contribution in [1.82, 2.24) is 9.62 Å². The Kier molecular flexibility index (Phi) is 6.14. The zero-order chi connectivity index (χ0) is 21.0. The Morgan fingerprint density at radius 2 is 1.83 bits per heavy atom. The zero-order valence-corrected chi connectivity index (χ0v) is 16.6. The summed E-state index contributed by atoms with van der Waals surface area (Å²) in [5, 5.41) is 13.8. The molecule has 0 aromatic heterocycles. The molecule has 1 amide bonds. The van der Waals surface area contributed by atoms with Gasteiger partial charge in [0.15, 0.2) is 5.75 Å².